The van der Waals surface area contributed by atoms with E-state index in [4.69, 9.17) is 4.74 Å². The van der Waals surface area contributed by atoms with E-state index in [0.29, 0.717) is 6.04 Å². The number of hydrogen-bond acceptors (Lipinski definition) is 2. The number of allylic oxidation sites excluding steroid dienone is 1. The van der Waals surface area contributed by atoms with Gasteiger partial charge in [0.05, 0.1) is 7.11 Å². The second-order valence-electron chi connectivity index (χ2n) is 5.89. The topological polar surface area (TPSA) is 21.3 Å². The van der Waals surface area contributed by atoms with Crippen molar-refractivity contribution < 1.29 is 4.74 Å². The van der Waals surface area contributed by atoms with Crippen molar-refractivity contribution >= 4 is 0 Å². The van der Waals surface area contributed by atoms with Crippen LogP contribution in [0.3, 0.4) is 0 Å². The monoisotopic (exact) mass is 287 g/mol. The summed E-state index contributed by atoms with van der Waals surface area (Å²) in [5.74, 6) is 0.934. The van der Waals surface area contributed by atoms with Crippen molar-refractivity contribution in [1.82, 2.24) is 5.32 Å². The Hall–Kier alpha value is -1.28. The summed E-state index contributed by atoms with van der Waals surface area (Å²) in [5.41, 5.74) is 3.00. The minimum absolute atomic E-state index is 0.487. The zero-order valence-corrected chi connectivity index (χ0v) is 13.5. The van der Waals surface area contributed by atoms with Crippen LogP contribution in [0.1, 0.15) is 51.0 Å². The summed E-state index contributed by atoms with van der Waals surface area (Å²) < 4.78 is 5.24. The lowest BCUT2D eigenvalue weighted by Crippen LogP contribution is -2.33. The molecule has 2 rings (SSSR count). The van der Waals surface area contributed by atoms with Crippen molar-refractivity contribution in [3.8, 4) is 5.75 Å². The molecular formula is C19H29NO. The first-order valence-electron chi connectivity index (χ1n) is 8.38. The molecule has 0 bridgehead atoms. The summed E-state index contributed by atoms with van der Waals surface area (Å²) in [5, 5.41) is 3.68. The van der Waals surface area contributed by atoms with Gasteiger partial charge in [-0.3, -0.25) is 0 Å². The largest absolute Gasteiger partial charge is 0.497 e. The predicted octanol–water partition coefficient (Wildman–Crippen LogP) is 4.50. The molecule has 0 aromatic heterocycles. The van der Waals surface area contributed by atoms with Gasteiger partial charge in [-0.2, -0.15) is 0 Å². The van der Waals surface area contributed by atoms with E-state index in [9.17, 15) is 0 Å². The fraction of sp³-hybridized carbons (Fsp3) is 0.579. The van der Waals surface area contributed by atoms with Crippen LogP contribution in [0.4, 0.5) is 0 Å². The molecule has 1 aliphatic carbocycles. The molecule has 0 saturated carbocycles. The average molecular weight is 287 g/mol. The van der Waals surface area contributed by atoms with Gasteiger partial charge >= 0.3 is 0 Å². The Bertz CT molecular complexity index is 435. The molecule has 21 heavy (non-hydrogen) atoms. The van der Waals surface area contributed by atoms with E-state index in [1.54, 1.807) is 12.7 Å². The van der Waals surface area contributed by atoms with Gasteiger partial charge in [0.1, 0.15) is 5.75 Å². The van der Waals surface area contributed by atoms with E-state index < -0.39 is 0 Å². The van der Waals surface area contributed by atoms with Crippen LogP contribution in [0.25, 0.3) is 0 Å². The minimum atomic E-state index is 0.487. The lowest BCUT2D eigenvalue weighted by molar-refractivity contribution is 0.414. The SMILES string of the molecule is CCNC(Cc1ccc(OC)cc1)/C1=C/CCCCCC1. The molecule has 0 aliphatic heterocycles. The Morgan fingerprint density at radius 1 is 1.10 bits per heavy atom. The van der Waals surface area contributed by atoms with E-state index in [1.807, 2.05) is 0 Å². The molecule has 116 valence electrons. The van der Waals surface area contributed by atoms with Crippen LogP contribution in [0, 0.1) is 0 Å². The van der Waals surface area contributed by atoms with Crippen molar-refractivity contribution in [1.29, 1.82) is 0 Å². The first-order valence-corrected chi connectivity index (χ1v) is 8.38. The van der Waals surface area contributed by atoms with Gasteiger partial charge in [0.15, 0.2) is 0 Å². The van der Waals surface area contributed by atoms with Crippen molar-refractivity contribution in [2.45, 2.75) is 57.9 Å². The normalized spacial score (nSPS) is 20.0. The quantitative estimate of drug-likeness (QED) is 0.778. The lowest BCUT2D eigenvalue weighted by atomic mass is 9.91. The highest BCUT2D eigenvalue weighted by molar-refractivity contribution is 5.29. The van der Waals surface area contributed by atoms with Gasteiger partial charge in [0.2, 0.25) is 0 Å². The van der Waals surface area contributed by atoms with Crippen LogP contribution in [-0.4, -0.2) is 19.7 Å². The third-order valence-electron chi connectivity index (χ3n) is 4.32. The first kappa shape index (κ1) is 16.1. The molecule has 0 radical (unpaired) electrons. The van der Waals surface area contributed by atoms with E-state index in [0.717, 1.165) is 18.7 Å². The van der Waals surface area contributed by atoms with Gasteiger partial charge in [-0.1, -0.05) is 43.5 Å². The fourth-order valence-electron chi connectivity index (χ4n) is 3.11. The van der Waals surface area contributed by atoms with Gasteiger partial charge in [-0.15, -0.1) is 0 Å². The second kappa shape index (κ2) is 8.89. The number of nitrogens with one attached hydrogen (secondary N) is 1. The van der Waals surface area contributed by atoms with Gasteiger partial charge in [0.25, 0.3) is 0 Å². The van der Waals surface area contributed by atoms with Crippen LogP contribution in [-0.2, 0) is 6.42 Å². The molecule has 1 aromatic rings. The number of benzene rings is 1. The maximum Gasteiger partial charge on any atom is 0.118 e. The Kier molecular flexibility index (Phi) is 6.81. The van der Waals surface area contributed by atoms with Crippen molar-refractivity contribution in [3.63, 3.8) is 0 Å². The van der Waals surface area contributed by atoms with Crippen molar-refractivity contribution in [2.24, 2.45) is 0 Å². The van der Waals surface area contributed by atoms with Gasteiger partial charge in [0, 0.05) is 6.04 Å². The average Bonchev–Trinajstić information content (AvgIpc) is 2.47. The zero-order valence-electron chi connectivity index (χ0n) is 13.5. The highest BCUT2D eigenvalue weighted by Gasteiger charge is 2.14. The Labute approximate surface area is 129 Å². The molecule has 0 spiro atoms. The number of rotatable bonds is 6. The molecule has 0 heterocycles. The second-order valence-corrected chi connectivity index (χ2v) is 5.89. The molecule has 1 aliphatic rings. The lowest BCUT2D eigenvalue weighted by Gasteiger charge is -2.23. The smallest absolute Gasteiger partial charge is 0.118 e. The Balaban J connectivity index is 2.05. The minimum Gasteiger partial charge on any atom is -0.497 e. The van der Waals surface area contributed by atoms with E-state index in [1.165, 1.54) is 44.1 Å². The zero-order chi connectivity index (χ0) is 14.9. The highest BCUT2D eigenvalue weighted by Crippen LogP contribution is 2.22. The third-order valence-corrected chi connectivity index (χ3v) is 4.32. The molecule has 2 nitrogen and oxygen atoms in total. The van der Waals surface area contributed by atoms with Crippen LogP contribution >= 0.6 is 0 Å². The van der Waals surface area contributed by atoms with Crippen LogP contribution in [0.5, 0.6) is 5.75 Å². The molecule has 0 amide bonds. The standard InChI is InChI=1S/C19H29NO/c1-3-20-19(17-9-7-5-4-6-8-10-17)15-16-11-13-18(21-2)14-12-16/h9,11-14,19-20H,3-8,10,15H2,1-2H3/b17-9+. The Morgan fingerprint density at radius 3 is 2.57 bits per heavy atom. The van der Waals surface area contributed by atoms with E-state index >= 15 is 0 Å². The van der Waals surface area contributed by atoms with Crippen LogP contribution < -0.4 is 10.1 Å². The molecule has 1 N–H and O–H groups in total. The number of hydrogen-bond donors (Lipinski definition) is 1. The van der Waals surface area contributed by atoms with Gasteiger partial charge in [-0.05, 0) is 56.3 Å². The number of methoxy groups -OCH3 is 1. The third kappa shape index (κ3) is 5.20. The highest BCUT2D eigenvalue weighted by atomic mass is 16.5. The number of likely N-dealkylation sites (N-methyl/N-ethyl adjacent to an activating group) is 1. The summed E-state index contributed by atoms with van der Waals surface area (Å²) in [4.78, 5) is 0. The molecule has 2 heteroatoms. The molecule has 0 fully saturated rings. The van der Waals surface area contributed by atoms with Gasteiger partial charge < -0.3 is 10.1 Å². The molecular weight excluding hydrogens is 258 g/mol. The van der Waals surface area contributed by atoms with Crippen LogP contribution in [0.2, 0.25) is 0 Å². The summed E-state index contributed by atoms with van der Waals surface area (Å²) in [6.07, 6.45) is 11.6. The molecule has 1 aromatic carbocycles. The molecule has 1 atom stereocenters. The summed E-state index contributed by atoms with van der Waals surface area (Å²) in [6, 6.07) is 8.98. The van der Waals surface area contributed by atoms with E-state index in [-0.39, 0.29) is 0 Å². The van der Waals surface area contributed by atoms with Crippen molar-refractivity contribution in [3.05, 3.63) is 41.5 Å². The van der Waals surface area contributed by atoms with Crippen molar-refractivity contribution in [2.75, 3.05) is 13.7 Å². The maximum atomic E-state index is 5.24. The summed E-state index contributed by atoms with van der Waals surface area (Å²) in [7, 11) is 1.72. The van der Waals surface area contributed by atoms with Crippen LogP contribution in [0.15, 0.2) is 35.9 Å². The maximum absolute atomic E-state index is 5.24. The van der Waals surface area contributed by atoms with Gasteiger partial charge in [-0.25, -0.2) is 0 Å². The predicted molar refractivity (Wildman–Crippen MR) is 89.9 cm³/mol. The first-order chi connectivity index (χ1) is 10.3. The Morgan fingerprint density at radius 2 is 1.86 bits per heavy atom. The number of ether oxygens (including phenoxy) is 1. The summed E-state index contributed by atoms with van der Waals surface area (Å²) >= 11 is 0. The molecule has 1 unspecified atom stereocenters. The van der Waals surface area contributed by atoms with E-state index in [2.05, 4.69) is 42.6 Å². The fourth-order valence-corrected chi connectivity index (χ4v) is 3.11. The summed E-state index contributed by atoms with van der Waals surface area (Å²) in [6.45, 7) is 3.22. The molecule has 0 saturated heterocycles.